The SMILES string of the molecule is O=[N+]([O-])c1c(Br)c2[nH]c1c(-c1ccccc1)c1[nH]c(c(Br)c1Br)c(-c1ccccc1)c1nc(c(-c3ccccc3)c3nc(c2-c2ccccc2)C(Br)=C3Br)C(Br)=C1Br. The number of halogens is 7. The van der Waals surface area contributed by atoms with Crippen LogP contribution in [0.2, 0.25) is 0 Å². The van der Waals surface area contributed by atoms with Crippen molar-refractivity contribution in [2.45, 2.75) is 0 Å². The quantitative estimate of drug-likeness (QED) is 0.132. The Morgan fingerprint density at radius 3 is 1.07 bits per heavy atom. The molecule has 8 bridgehead atoms. The van der Waals surface area contributed by atoms with Crippen LogP contribution in [0.15, 0.2) is 135 Å². The predicted molar refractivity (Wildman–Crippen MR) is 262 cm³/mol. The second kappa shape index (κ2) is 16.0. The van der Waals surface area contributed by atoms with Crippen LogP contribution >= 0.6 is 112 Å². The molecule has 0 saturated carbocycles. The number of nitrogens with one attached hydrogen (secondary N) is 2. The molecule has 0 saturated heterocycles. The predicted octanol–water partition coefficient (Wildman–Crippen LogP) is 16.4. The molecule has 9 rings (SSSR count). The molecule has 7 aromatic rings. The number of rotatable bonds is 5. The van der Waals surface area contributed by atoms with Crippen molar-refractivity contribution in [2.24, 2.45) is 0 Å². The summed E-state index contributed by atoms with van der Waals surface area (Å²) in [5.41, 5.74) is 10.5. The maximum Gasteiger partial charge on any atom is 0.309 e. The third-order valence-corrected chi connectivity index (χ3v) is 16.9. The zero-order valence-electron chi connectivity index (χ0n) is 29.4. The lowest BCUT2D eigenvalue weighted by atomic mass is 10.0. The van der Waals surface area contributed by atoms with E-state index in [1.54, 1.807) is 0 Å². The highest BCUT2D eigenvalue weighted by Crippen LogP contribution is 2.53. The molecule has 7 nitrogen and oxygen atoms in total. The molecule has 2 N–H and O–H groups in total. The van der Waals surface area contributed by atoms with Gasteiger partial charge in [-0.25, -0.2) is 9.97 Å². The van der Waals surface area contributed by atoms with Gasteiger partial charge in [0, 0.05) is 22.3 Å². The first-order valence-electron chi connectivity index (χ1n) is 17.4. The van der Waals surface area contributed by atoms with Gasteiger partial charge in [0.05, 0.1) is 71.1 Å². The van der Waals surface area contributed by atoms with Crippen molar-refractivity contribution in [3.63, 3.8) is 0 Å². The van der Waals surface area contributed by atoms with Crippen molar-refractivity contribution in [3.05, 3.63) is 168 Å². The number of aromatic nitrogens is 4. The molecule has 5 heterocycles. The van der Waals surface area contributed by atoms with Gasteiger partial charge in [0.25, 0.3) is 0 Å². The number of aromatic amines is 2. The van der Waals surface area contributed by atoms with E-state index in [9.17, 15) is 10.1 Å². The highest BCUT2D eigenvalue weighted by atomic mass is 79.9. The van der Waals surface area contributed by atoms with Crippen LogP contribution in [-0.4, -0.2) is 24.9 Å². The van der Waals surface area contributed by atoms with Gasteiger partial charge in [-0.1, -0.05) is 121 Å². The summed E-state index contributed by atoms with van der Waals surface area (Å²) < 4.78 is 4.47. The minimum Gasteiger partial charge on any atom is -0.352 e. The first kappa shape index (κ1) is 39.7. The lowest BCUT2D eigenvalue weighted by molar-refractivity contribution is -0.383. The van der Waals surface area contributed by atoms with Crippen LogP contribution < -0.4 is 0 Å². The molecule has 14 heteroatoms. The zero-order valence-corrected chi connectivity index (χ0v) is 40.5. The fourth-order valence-electron chi connectivity index (χ4n) is 7.31. The fraction of sp³-hybridized carbons (Fsp3) is 0. The van der Waals surface area contributed by atoms with Crippen LogP contribution in [0, 0.1) is 10.1 Å². The topological polar surface area (TPSA) is 100 Å². The van der Waals surface area contributed by atoms with E-state index < -0.39 is 0 Å². The molecular weight excluding hydrogens is 1190 g/mol. The summed E-state index contributed by atoms with van der Waals surface area (Å²) in [4.78, 5) is 31.2. The normalized spacial score (nSPS) is 12.7. The number of benzene rings is 4. The summed E-state index contributed by atoms with van der Waals surface area (Å²) in [6, 6.07) is 39.4. The Morgan fingerprint density at radius 2 is 0.690 bits per heavy atom. The molecule has 0 unspecified atom stereocenters. The molecule has 0 atom stereocenters. The number of hydrogen-bond acceptors (Lipinski definition) is 4. The Labute approximate surface area is 390 Å². The Morgan fingerprint density at radius 1 is 0.397 bits per heavy atom. The average molecular weight is 1210 g/mol. The van der Waals surface area contributed by atoms with Gasteiger partial charge in [0.2, 0.25) is 0 Å². The Balaban J connectivity index is 1.65. The standard InChI is InChI=1S/C44H22Br7N5O2/c45-29-30(46)37-26(22-15-7-2-8-16-22)39-33(49)34(50)41(54-39)28(24-19-11-4-12-20-24)43-44(56(57)58)35(51)42(55-43)27(23-17-9-3-10-18-23)40-32(48)31(47)38(53-40)25(36(29)52-37)21-13-5-1-6-14-21/h1-20,54-55H. The van der Waals surface area contributed by atoms with E-state index in [2.05, 4.69) is 121 Å². The first-order chi connectivity index (χ1) is 28.1. The van der Waals surface area contributed by atoms with Crippen molar-refractivity contribution >= 4 is 157 Å². The number of nitro groups is 1. The highest BCUT2D eigenvalue weighted by Gasteiger charge is 2.33. The van der Waals surface area contributed by atoms with Crippen LogP contribution in [0.4, 0.5) is 5.69 Å². The van der Waals surface area contributed by atoms with E-state index in [1.165, 1.54) is 0 Å². The van der Waals surface area contributed by atoms with Crippen LogP contribution in [0.1, 0.15) is 22.8 Å². The Kier molecular flexibility index (Phi) is 11.0. The van der Waals surface area contributed by atoms with E-state index in [0.717, 1.165) is 42.3 Å². The fourth-order valence-corrected chi connectivity index (χ4v) is 10.8. The summed E-state index contributed by atoms with van der Waals surface area (Å²) >= 11 is 27.4. The molecular formula is C44H22Br7N5O2. The molecule has 2 aliphatic heterocycles. The molecule has 58 heavy (non-hydrogen) atoms. The van der Waals surface area contributed by atoms with Gasteiger partial charge >= 0.3 is 5.69 Å². The van der Waals surface area contributed by atoms with Gasteiger partial charge in [-0.15, -0.1) is 0 Å². The van der Waals surface area contributed by atoms with E-state index in [4.69, 9.17) is 9.97 Å². The van der Waals surface area contributed by atoms with Gasteiger partial charge in [-0.05, 0) is 134 Å². The second-order valence-electron chi connectivity index (χ2n) is 13.1. The van der Waals surface area contributed by atoms with Gasteiger partial charge in [-0.2, -0.15) is 0 Å². The van der Waals surface area contributed by atoms with Crippen molar-refractivity contribution < 1.29 is 4.92 Å². The number of fused-ring (bicyclic) bond motifs is 8. The lowest BCUT2D eigenvalue weighted by Crippen LogP contribution is -1.93. The number of hydrogen-bond donors (Lipinski definition) is 2. The molecule has 0 amide bonds. The molecule has 4 aromatic carbocycles. The summed E-state index contributed by atoms with van der Waals surface area (Å²) in [7, 11) is 0. The second-order valence-corrected chi connectivity index (χ2v) is 18.7. The van der Waals surface area contributed by atoms with Gasteiger partial charge in [-0.3, -0.25) is 10.1 Å². The monoisotopic (exact) mass is 1200 g/mol. The molecule has 3 aromatic heterocycles. The Hall–Kier alpha value is -3.76. The number of H-pyrrole nitrogens is 2. The molecule has 0 fully saturated rings. The summed E-state index contributed by atoms with van der Waals surface area (Å²) in [5, 5.41) is 13.4. The van der Waals surface area contributed by atoms with Crippen molar-refractivity contribution in [2.75, 3.05) is 0 Å². The van der Waals surface area contributed by atoms with Crippen LogP contribution in [0.5, 0.6) is 0 Å². The van der Waals surface area contributed by atoms with Gasteiger partial charge < -0.3 is 9.97 Å². The maximum atomic E-state index is 13.4. The molecule has 2 aliphatic rings. The minimum atomic E-state index is -0.354. The van der Waals surface area contributed by atoms with Crippen LogP contribution in [0.25, 0.3) is 84.5 Å². The lowest BCUT2D eigenvalue weighted by Gasteiger charge is -2.08. The average Bonchev–Trinajstić information content (AvgIpc) is 3.92. The smallest absolute Gasteiger partial charge is 0.309 e. The summed E-state index contributed by atoms with van der Waals surface area (Å²) in [6.45, 7) is 0. The molecule has 0 spiro atoms. The van der Waals surface area contributed by atoms with E-state index >= 15 is 0 Å². The van der Waals surface area contributed by atoms with Crippen LogP contribution in [0.3, 0.4) is 0 Å². The maximum absolute atomic E-state index is 13.4. The van der Waals surface area contributed by atoms with Crippen LogP contribution in [-0.2, 0) is 0 Å². The van der Waals surface area contributed by atoms with E-state index in [-0.39, 0.29) is 20.6 Å². The molecule has 284 valence electrons. The van der Waals surface area contributed by atoms with Gasteiger partial charge in [0.15, 0.2) is 0 Å². The third-order valence-electron chi connectivity index (χ3n) is 9.84. The Bertz CT molecular complexity index is 3090. The van der Waals surface area contributed by atoms with Gasteiger partial charge in [0.1, 0.15) is 9.99 Å². The van der Waals surface area contributed by atoms with Crippen molar-refractivity contribution in [1.82, 2.24) is 19.9 Å². The van der Waals surface area contributed by atoms with Crippen molar-refractivity contribution in [1.29, 1.82) is 0 Å². The minimum absolute atomic E-state index is 0.134. The highest BCUT2D eigenvalue weighted by molar-refractivity contribution is 9.18. The van der Waals surface area contributed by atoms with E-state index in [0.29, 0.717) is 68.4 Å². The molecule has 0 aliphatic carbocycles. The first-order valence-corrected chi connectivity index (χ1v) is 23.0. The van der Waals surface area contributed by atoms with Crippen molar-refractivity contribution in [3.8, 4) is 44.5 Å². The third kappa shape index (κ3) is 6.59. The largest absolute Gasteiger partial charge is 0.352 e. The molecule has 0 radical (unpaired) electrons. The zero-order chi connectivity index (χ0) is 40.4. The summed E-state index contributed by atoms with van der Waals surface area (Å²) in [6.07, 6.45) is 0. The van der Waals surface area contributed by atoms with E-state index in [1.807, 2.05) is 121 Å². The number of nitrogens with zero attached hydrogens (tertiary/aromatic N) is 3. The summed E-state index contributed by atoms with van der Waals surface area (Å²) in [5.74, 6) is 0.